The van der Waals surface area contributed by atoms with Crippen LogP contribution in [0, 0.1) is 0 Å². The number of nitrogens with one attached hydrogen (secondary N) is 1. The predicted molar refractivity (Wildman–Crippen MR) is 76.2 cm³/mol. The van der Waals surface area contributed by atoms with Crippen LogP contribution >= 0.6 is 0 Å². The lowest BCUT2D eigenvalue weighted by Gasteiger charge is -2.30. The summed E-state index contributed by atoms with van der Waals surface area (Å²) in [5.74, 6) is 0. The van der Waals surface area contributed by atoms with Crippen molar-refractivity contribution in [1.82, 2.24) is 10.2 Å². The molecule has 2 rings (SSSR count). The maximum atomic E-state index is 12.3. The highest BCUT2D eigenvalue weighted by Gasteiger charge is 2.27. The molecule has 0 aromatic rings. The number of hydrogen-bond donors (Lipinski definition) is 1. The molecule has 0 radical (unpaired) electrons. The highest BCUT2D eigenvalue weighted by Crippen LogP contribution is 2.21. The van der Waals surface area contributed by atoms with Gasteiger partial charge in [-0.15, -0.1) is 0 Å². The Labute approximate surface area is 116 Å². The number of rotatable bonds is 3. The van der Waals surface area contributed by atoms with Crippen molar-refractivity contribution in [2.75, 3.05) is 13.7 Å². The third kappa shape index (κ3) is 4.10. The molecule has 2 amide bonds. The van der Waals surface area contributed by atoms with Crippen LogP contribution in [-0.4, -0.2) is 42.8 Å². The lowest BCUT2D eigenvalue weighted by atomic mass is 10.1. The Morgan fingerprint density at radius 3 is 2.42 bits per heavy atom. The largest absolute Gasteiger partial charge is 0.376 e. The lowest BCUT2D eigenvalue weighted by Crippen LogP contribution is -2.49. The molecule has 0 aromatic heterocycles. The zero-order valence-corrected chi connectivity index (χ0v) is 12.4. The zero-order chi connectivity index (χ0) is 13.7. The van der Waals surface area contributed by atoms with E-state index < -0.39 is 0 Å². The van der Waals surface area contributed by atoms with E-state index in [0.29, 0.717) is 6.04 Å². The fraction of sp³-hybridized carbons (Fsp3) is 0.933. The van der Waals surface area contributed by atoms with Gasteiger partial charge >= 0.3 is 6.03 Å². The quantitative estimate of drug-likeness (QED) is 0.800. The van der Waals surface area contributed by atoms with E-state index in [2.05, 4.69) is 12.2 Å². The van der Waals surface area contributed by atoms with Gasteiger partial charge in [-0.1, -0.05) is 25.7 Å². The van der Waals surface area contributed by atoms with Gasteiger partial charge in [0.1, 0.15) is 0 Å². The zero-order valence-electron chi connectivity index (χ0n) is 12.4. The van der Waals surface area contributed by atoms with Gasteiger partial charge in [-0.25, -0.2) is 4.79 Å². The van der Waals surface area contributed by atoms with Gasteiger partial charge in [-0.3, -0.25) is 0 Å². The molecule has 2 atom stereocenters. The lowest BCUT2D eigenvalue weighted by molar-refractivity contribution is 0.0825. The summed E-state index contributed by atoms with van der Waals surface area (Å²) in [7, 11) is 1.94. The number of carbonyl (C=O) groups excluding carboxylic acids is 1. The Balaban J connectivity index is 1.80. The number of nitrogens with zero attached hydrogens (tertiary/aromatic N) is 1. The number of ether oxygens (including phenoxy) is 1. The molecule has 1 aliphatic carbocycles. The van der Waals surface area contributed by atoms with Gasteiger partial charge < -0.3 is 15.0 Å². The van der Waals surface area contributed by atoms with Crippen molar-refractivity contribution in [2.24, 2.45) is 0 Å². The van der Waals surface area contributed by atoms with E-state index in [1.54, 1.807) is 0 Å². The summed E-state index contributed by atoms with van der Waals surface area (Å²) in [5.41, 5.74) is 0. The van der Waals surface area contributed by atoms with E-state index in [0.717, 1.165) is 32.3 Å². The van der Waals surface area contributed by atoms with Crippen LogP contribution in [0.15, 0.2) is 0 Å². The van der Waals surface area contributed by atoms with Crippen LogP contribution in [0.2, 0.25) is 0 Å². The molecule has 19 heavy (non-hydrogen) atoms. The molecule has 1 saturated carbocycles. The highest BCUT2D eigenvalue weighted by atomic mass is 16.5. The topological polar surface area (TPSA) is 41.6 Å². The first-order valence-corrected chi connectivity index (χ1v) is 7.83. The summed E-state index contributed by atoms with van der Waals surface area (Å²) >= 11 is 0. The average Bonchev–Trinajstić information content (AvgIpc) is 2.81. The number of urea groups is 1. The molecular formula is C15H28N2O2. The van der Waals surface area contributed by atoms with E-state index in [-0.39, 0.29) is 18.2 Å². The van der Waals surface area contributed by atoms with Gasteiger partial charge in [0.25, 0.3) is 0 Å². The minimum Gasteiger partial charge on any atom is -0.376 e. The third-order valence-electron chi connectivity index (χ3n) is 4.57. The summed E-state index contributed by atoms with van der Waals surface area (Å²) in [6, 6.07) is 0.595. The van der Waals surface area contributed by atoms with E-state index in [4.69, 9.17) is 4.74 Å². The van der Waals surface area contributed by atoms with E-state index in [1.807, 2.05) is 11.9 Å². The first kappa shape index (κ1) is 14.6. The summed E-state index contributed by atoms with van der Waals surface area (Å²) in [5, 5.41) is 3.10. The monoisotopic (exact) mass is 268 g/mol. The molecule has 110 valence electrons. The molecule has 2 fully saturated rings. The van der Waals surface area contributed by atoms with Gasteiger partial charge in [0.05, 0.1) is 12.1 Å². The molecule has 0 aromatic carbocycles. The number of hydrogen-bond acceptors (Lipinski definition) is 2. The molecule has 1 heterocycles. The van der Waals surface area contributed by atoms with Crippen molar-refractivity contribution in [3.8, 4) is 0 Å². The normalized spacial score (nSPS) is 26.7. The molecule has 1 aliphatic heterocycles. The second-order valence-electron chi connectivity index (χ2n) is 6.05. The third-order valence-corrected chi connectivity index (χ3v) is 4.57. The summed E-state index contributed by atoms with van der Waals surface area (Å²) in [4.78, 5) is 14.2. The first-order valence-electron chi connectivity index (χ1n) is 7.83. The Morgan fingerprint density at radius 2 is 1.84 bits per heavy atom. The summed E-state index contributed by atoms with van der Waals surface area (Å²) in [6.45, 7) is 2.89. The molecule has 0 bridgehead atoms. The van der Waals surface area contributed by atoms with Crippen LogP contribution in [0.25, 0.3) is 0 Å². The van der Waals surface area contributed by atoms with E-state index in [1.165, 1.54) is 25.7 Å². The summed E-state index contributed by atoms with van der Waals surface area (Å²) < 4.78 is 5.63. The molecule has 4 nitrogen and oxygen atoms in total. The van der Waals surface area contributed by atoms with Crippen molar-refractivity contribution in [2.45, 2.75) is 76.5 Å². The molecule has 1 N–H and O–H groups in total. The highest BCUT2D eigenvalue weighted by molar-refractivity contribution is 5.74. The maximum Gasteiger partial charge on any atom is 0.317 e. The van der Waals surface area contributed by atoms with Crippen molar-refractivity contribution in [3.63, 3.8) is 0 Å². The fourth-order valence-corrected chi connectivity index (χ4v) is 3.20. The van der Waals surface area contributed by atoms with Crippen molar-refractivity contribution in [1.29, 1.82) is 0 Å². The SMILES string of the molecule is CC(NC(=O)N(C)C1CCCCCC1)C1CCCO1. The Kier molecular flexibility index (Phi) is 5.49. The Bertz CT molecular complexity index is 282. The minimum absolute atomic E-state index is 0.0647. The van der Waals surface area contributed by atoms with Gasteiger partial charge in [0, 0.05) is 19.7 Å². The molecule has 0 spiro atoms. The predicted octanol–water partition coefficient (Wildman–Crippen LogP) is 2.92. The molecule has 4 heteroatoms. The van der Waals surface area contributed by atoms with Crippen LogP contribution in [-0.2, 0) is 4.74 Å². The second-order valence-corrected chi connectivity index (χ2v) is 6.05. The minimum atomic E-state index is 0.0647. The van der Waals surface area contributed by atoms with Crippen LogP contribution in [0.1, 0.15) is 58.3 Å². The summed E-state index contributed by atoms with van der Waals surface area (Å²) in [6.07, 6.45) is 9.82. The Hall–Kier alpha value is -0.770. The van der Waals surface area contributed by atoms with Crippen molar-refractivity contribution >= 4 is 6.03 Å². The smallest absolute Gasteiger partial charge is 0.317 e. The van der Waals surface area contributed by atoms with Gasteiger partial charge in [-0.05, 0) is 32.6 Å². The fourth-order valence-electron chi connectivity index (χ4n) is 3.20. The van der Waals surface area contributed by atoms with E-state index in [9.17, 15) is 4.79 Å². The van der Waals surface area contributed by atoms with E-state index >= 15 is 0 Å². The second kappa shape index (κ2) is 7.13. The molecule has 2 unspecified atom stereocenters. The molecule has 2 aliphatic rings. The molecule has 1 saturated heterocycles. The Morgan fingerprint density at radius 1 is 1.16 bits per heavy atom. The van der Waals surface area contributed by atoms with Gasteiger partial charge in [-0.2, -0.15) is 0 Å². The van der Waals surface area contributed by atoms with Crippen LogP contribution in [0.3, 0.4) is 0 Å². The van der Waals surface area contributed by atoms with Gasteiger partial charge in [0.2, 0.25) is 0 Å². The van der Waals surface area contributed by atoms with Crippen molar-refractivity contribution in [3.05, 3.63) is 0 Å². The van der Waals surface area contributed by atoms with Crippen LogP contribution < -0.4 is 5.32 Å². The average molecular weight is 268 g/mol. The van der Waals surface area contributed by atoms with Gasteiger partial charge in [0.15, 0.2) is 0 Å². The first-order chi connectivity index (χ1) is 9.18. The number of amides is 2. The standard InChI is InChI=1S/C15H28N2O2/c1-12(14-10-7-11-19-14)16-15(18)17(2)13-8-5-3-4-6-9-13/h12-14H,3-11H2,1-2H3,(H,16,18). The van der Waals surface area contributed by atoms with Crippen LogP contribution in [0.5, 0.6) is 0 Å². The van der Waals surface area contributed by atoms with Crippen molar-refractivity contribution < 1.29 is 9.53 Å². The number of carbonyl (C=O) groups is 1. The molecular weight excluding hydrogens is 240 g/mol. The van der Waals surface area contributed by atoms with Crippen LogP contribution in [0.4, 0.5) is 4.79 Å². The maximum absolute atomic E-state index is 12.3.